The van der Waals surface area contributed by atoms with Gasteiger partial charge in [-0.2, -0.15) is 0 Å². The number of hydrogen-bond acceptors (Lipinski definition) is 4. The molecule has 1 fully saturated rings. The summed E-state index contributed by atoms with van der Waals surface area (Å²) in [6, 6.07) is 8.00. The summed E-state index contributed by atoms with van der Waals surface area (Å²) in [4.78, 5) is 6.63. The van der Waals surface area contributed by atoms with Gasteiger partial charge in [-0.25, -0.2) is 4.98 Å². The van der Waals surface area contributed by atoms with Crippen molar-refractivity contribution in [3.8, 4) is 5.75 Å². The van der Waals surface area contributed by atoms with Gasteiger partial charge in [-0.05, 0) is 30.0 Å². The van der Waals surface area contributed by atoms with E-state index >= 15 is 0 Å². The van der Waals surface area contributed by atoms with Gasteiger partial charge in [0.05, 0.1) is 12.7 Å². The van der Waals surface area contributed by atoms with Crippen LogP contribution in [0.4, 0.5) is 5.82 Å². The number of hydrogen-bond donors (Lipinski definition) is 1. The Balaban J connectivity index is 1.93. The van der Waals surface area contributed by atoms with Crippen molar-refractivity contribution in [3.63, 3.8) is 0 Å². The fraction of sp³-hybridized carbons (Fsp3) is 0.438. The van der Waals surface area contributed by atoms with E-state index in [2.05, 4.69) is 16.8 Å². The van der Waals surface area contributed by atoms with Gasteiger partial charge in [0.2, 0.25) is 0 Å². The third-order valence-electron chi connectivity index (χ3n) is 3.94. The van der Waals surface area contributed by atoms with E-state index in [1.807, 2.05) is 30.5 Å². The van der Waals surface area contributed by atoms with Crippen LogP contribution < -0.4 is 9.64 Å². The topological polar surface area (TPSA) is 45.6 Å². The monoisotopic (exact) mass is 272 g/mol. The molecule has 1 aliphatic rings. The van der Waals surface area contributed by atoms with Gasteiger partial charge in [-0.15, -0.1) is 0 Å². The summed E-state index contributed by atoms with van der Waals surface area (Å²) >= 11 is 0. The molecule has 0 radical (unpaired) electrons. The van der Waals surface area contributed by atoms with Crippen molar-refractivity contribution in [3.05, 3.63) is 30.5 Å². The highest BCUT2D eigenvalue weighted by molar-refractivity contribution is 5.93. The number of aliphatic hydroxyl groups is 1. The third kappa shape index (κ3) is 2.20. The van der Waals surface area contributed by atoms with E-state index in [0.29, 0.717) is 13.1 Å². The Morgan fingerprint density at radius 3 is 2.85 bits per heavy atom. The van der Waals surface area contributed by atoms with Crippen molar-refractivity contribution in [2.75, 3.05) is 25.1 Å². The second-order valence-electron chi connectivity index (χ2n) is 5.55. The molecular formula is C16H20N2O2. The average molecular weight is 272 g/mol. The molecule has 1 saturated heterocycles. The van der Waals surface area contributed by atoms with Gasteiger partial charge in [0.1, 0.15) is 11.6 Å². The lowest BCUT2D eigenvalue weighted by Crippen LogP contribution is -2.62. The summed E-state index contributed by atoms with van der Waals surface area (Å²) in [5.41, 5.74) is -0.544. The molecule has 2 aromatic rings. The number of pyridine rings is 1. The average Bonchev–Trinajstić information content (AvgIpc) is 2.43. The van der Waals surface area contributed by atoms with Crippen LogP contribution in [0.5, 0.6) is 5.75 Å². The standard InChI is InChI=1S/C16H20N2O2/c1-3-7-16(19)10-18(11-16)15-14-9-13(20-2)5-4-12(14)6-8-17-15/h4-6,8-9,19H,3,7,10-11H2,1-2H3. The minimum absolute atomic E-state index is 0.544. The summed E-state index contributed by atoms with van der Waals surface area (Å²) in [5, 5.41) is 12.5. The number of rotatable bonds is 4. The number of ether oxygens (including phenoxy) is 1. The van der Waals surface area contributed by atoms with E-state index in [4.69, 9.17) is 4.74 Å². The van der Waals surface area contributed by atoms with Crippen LogP contribution in [0.2, 0.25) is 0 Å². The predicted molar refractivity (Wildman–Crippen MR) is 80.4 cm³/mol. The van der Waals surface area contributed by atoms with Crippen LogP contribution in [-0.2, 0) is 0 Å². The smallest absolute Gasteiger partial charge is 0.136 e. The van der Waals surface area contributed by atoms with Gasteiger partial charge in [0.25, 0.3) is 0 Å². The van der Waals surface area contributed by atoms with Crippen molar-refractivity contribution in [2.24, 2.45) is 0 Å². The zero-order valence-electron chi connectivity index (χ0n) is 12.0. The number of benzene rings is 1. The van der Waals surface area contributed by atoms with Gasteiger partial charge < -0.3 is 14.7 Å². The van der Waals surface area contributed by atoms with Crippen LogP contribution in [-0.4, -0.2) is 35.9 Å². The zero-order valence-corrected chi connectivity index (χ0v) is 12.0. The molecule has 20 heavy (non-hydrogen) atoms. The number of methoxy groups -OCH3 is 1. The molecule has 1 aromatic heterocycles. The highest BCUT2D eigenvalue weighted by Gasteiger charge is 2.41. The van der Waals surface area contributed by atoms with Crippen LogP contribution in [0.1, 0.15) is 19.8 Å². The number of nitrogens with zero attached hydrogens (tertiary/aromatic N) is 2. The van der Waals surface area contributed by atoms with E-state index in [0.717, 1.165) is 35.2 Å². The molecule has 0 bridgehead atoms. The number of anilines is 1. The molecule has 3 rings (SSSR count). The minimum atomic E-state index is -0.544. The fourth-order valence-electron chi connectivity index (χ4n) is 2.95. The minimum Gasteiger partial charge on any atom is -0.497 e. The first kappa shape index (κ1) is 13.2. The fourth-order valence-corrected chi connectivity index (χ4v) is 2.95. The molecule has 1 aromatic carbocycles. The maximum atomic E-state index is 10.3. The van der Waals surface area contributed by atoms with Crippen molar-refractivity contribution < 1.29 is 9.84 Å². The summed E-state index contributed by atoms with van der Waals surface area (Å²) in [6.45, 7) is 3.41. The molecule has 4 heteroatoms. The second kappa shape index (κ2) is 4.94. The largest absolute Gasteiger partial charge is 0.497 e. The summed E-state index contributed by atoms with van der Waals surface area (Å²) in [6.07, 6.45) is 3.67. The lowest BCUT2D eigenvalue weighted by molar-refractivity contribution is 0.00312. The van der Waals surface area contributed by atoms with E-state index in [1.54, 1.807) is 7.11 Å². The molecule has 2 heterocycles. The summed E-state index contributed by atoms with van der Waals surface area (Å²) < 4.78 is 5.29. The van der Waals surface area contributed by atoms with E-state index in [1.165, 1.54) is 0 Å². The number of β-amino-alcohol motifs (C(OH)–C–C–N with tert-alkyl or cyclic N) is 1. The zero-order chi connectivity index (χ0) is 14.2. The summed E-state index contributed by atoms with van der Waals surface area (Å²) in [7, 11) is 1.67. The van der Waals surface area contributed by atoms with Crippen molar-refractivity contribution in [1.82, 2.24) is 4.98 Å². The van der Waals surface area contributed by atoms with Crippen LogP contribution in [0.15, 0.2) is 30.5 Å². The molecule has 0 unspecified atom stereocenters. The van der Waals surface area contributed by atoms with Crippen molar-refractivity contribution in [1.29, 1.82) is 0 Å². The molecule has 1 aliphatic heterocycles. The van der Waals surface area contributed by atoms with Gasteiger partial charge in [0, 0.05) is 24.7 Å². The Kier molecular flexibility index (Phi) is 3.26. The first-order valence-corrected chi connectivity index (χ1v) is 7.05. The van der Waals surface area contributed by atoms with E-state index in [-0.39, 0.29) is 0 Å². The summed E-state index contributed by atoms with van der Waals surface area (Å²) in [5.74, 6) is 1.76. The Hall–Kier alpha value is -1.81. The van der Waals surface area contributed by atoms with Crippen LogP contribution in [0, 0.1) is 0 Å². The molecule has 4 nitrogen and oxygen atoms in total. The Bertz CT molecular complexity index is 621. The number of aromatic nitrogens is 1. The molecule has 0 amide bonds. The van der Waals surface area contributed by atoms with Gasteiger partial charge in [0.15, 0.2) is 0 Å². The number of fused-ring (bicyclic) bond motifs is 1. The van der Waals surface area contributed by atoms with Gasteiger partial charge >= 0.3 is 0 Å². The second-order valence-corrected chi connectivity index (χ2v) is 5.55. The Morgan fingerprint density at radius 2 is 2.15 bits per heavy atom. The van der Waals surface area contributed by atoms with Crippen LogP contribution >= 0.6 is 0 Å². The van der Waals surface area contributed by atoms with Gasteiger partial charge in [-0.1, -0.05) is 19.4 Å². The SMILES string of the molecule is CCCC1(O)CN(c2nccc3ccc(OC)cc23)C1. The van der Waals surface area contributed by atoms with E-state index in [9.17, 15) is 5.11 Å². The molecule has 0 saturated carbocycles. The Morgan fingerprint density at radius 1 is 1.35 bits per heavy atom. The maximum Gasteiger partial charge on any atom is 0.136 e. The first-order valence-electron chi connectivity index (χ1n) is 7.05. The van der Waals surface area contributed by atoms with Crippen LogP contribution in [0.25, 0.3) is 10.8 Å². The molecule has 0 spiro atoms. The lowest BCUT2D eigenvalue weighted by Gasteiger charge is -2.47. The molecular weight excluding hydrogens is 252 g/mol. The predicted octanol–water partition coefficient (Wildman–Crippen LogP) is 2.59. The molecule has 106 valence electrons. The maximum absolute atomic E-state index is 10.3. The molecule has 0 aliphatic carbocycles. The van der Waals surface area contributed by atoms with Crippen molar-refractivity contribution in [2.45, 2.75) is 25.4 Å². The van der Waals surface area contributed by atoms with Crippen molar-refractivity contribution >= 4 is 16.6 Å². The van der Waals surface area contributed by atoms with E-state index < -0.39 is 5.60 Å². The lowest BCUT2D eigenvalue weighted by atomic mass is 9.89. The first-order chi connectivity index (χ1) is 9.65. The highest BCUT2D eigenvalue weighted by Crippen LogP contribution is 2.35. The quantitative estimate of drug-likeness (QED) is 0.929. The Labute approximate surface area is 119 Å². The molecule has 1 N–H and O–H groups in total. The van der Waals surface area contributed by atoms with Gasteiger partial charge in [-0.3, -0.25) is 0 Å². The third-order valence-corrected chi connectivity index (χ3v) is 3.94. The highest BCUT2D eigenvalue weighted by atomic mass is 16.5. The molecule has 0 atom stereocenters. The normalized spacial score (nSPS) is 17.1. The van der Waals surface area contributed by atoms with Crippen LogP contribution in [0.3, 0.4) is 0 Å².